The Hall–Kier alpha value is -0.560. The molecular weight excluding hydrogens is 306 g/mol. The molecule has 4 nitrogen and oxygen atoms in total. The van der Waals surface area contributed by atoms with E-state index in [2.05, 4.69) is 11.6 Å². The van der Waals surface area contributed by atoms with Crippen LogP contribution in [0.1, 0.15) is 44.8 Å². The maximum absolute atomic E-state index is 12.5. The average molecular weight is 329 g/mol. The smallest absolute Gasteiger partial charge is 0.240 e. The molecule has 0 saturated heterocycles. The van der Waals surface area contributed by atoms with Gasteiger partial charge in [-0.2, -0.15) is 11.8 Å². The van der Waals surface area contributed by atoms with Gasteiger partial charge in [0.05, 0.1) is 11.0 Å². The summed E-state index contributed by atoms with van der Waals surface area (Å²) < 4.78 is 27.9. The maximum atomic E-state index is 12.5. The number of sulfonamides is 1. The Bertz CT molecular complexity index is 572. The second kappa shape index (κ2) is 7.13. The van der Waals surface area contributed by atoms with Crippen molar-refractivity contribution < 1.29 is 13.5 Å². The fourth-order valence-electron chi connectivity index (χ4n) is 2.68. The summed E-state index contributed by atoms with van der Waals surface area (Å²) in [7, 11) is -3.53. The Labute approximate surface area is 131 Å². The molecule has 1 fully saturated rings. The van der Waals surface area contributed by atoms with E-state index in [9.17, 15) is 13.5 Å². The lowest BCUT2D eigenvalue weighted by atomic mass is 10.1. The highest BCUT2D eigenvalue weighted by molar-refractivity contribution is 8.00. The molecule has 0 amide bonds. The summed E-state index contributed by atoms with van der Waals surface area (Å²) >= 11 is 1.82. The molecule has 0 heterocycles. The van der Waals surface area contributed by atoms with Crippen LogP contribution in [0.15, 0.2) is 29.2 Å². The van der Waals surface area contributed by atoms with Crippen molar-refractivity contribution in [1.29, 1.82) is 0 Å². The van der Waals surface area contributed by atoms with Gasteiger partial charge in [-0.25, -0.2) is 13.1 Å². The molecule has 2 N–H and O–H groups in total. The van der Waals surface area contributed by atoms with E-state index in [4.69, 9.17) is 0 Å². The topological polar surface area (TPSA) is 66.4 Å². The molecule has 2 rings (SSSR count). The first-order valence-electron chi connectivity index (χ1n) is 7.36. The van der Waals surface area contributed by atoms with Crippen molar-refractivity contribution >= 4 is 21.8 Å². The average Bonchev–Trinajstić information content (AvgIpc) is 2.86. The quantitative estimate of drug-likeness (QED) is 0.842. The molecule has 21 heavy (non-hydrogen) atoms. The van der Waals surface area contributed by atoms with Gasteiger partial charge in [-0.05, 0) is 43.2 Å². The van der Waals surface area contributed by atoms with Crippen molar-refractivity contribution in [3.63, 3.8) is 0 Å². The van der Waals surface area contributed by atoms with Crippen molar-refractivity contribution in [1.82, 2.24) is 4.72 Å². The zero-order chi connectivity index (χ0) is 15.5. The molecule has 1 aliphatic rings. The summed E-state index contributed by atoms with van der Waals surface area (Å²) in [5.74, 6) is 1.00. The molecule has 0 spiro atoms. The molecule has 3 atom stereocenters. The van der Waals surface area contributed by atoms with Crippen LogP contribution in [-0.4, -0.2) is 30.6 Å². The van der Waals surface area contributed by atoms with Gasteiger partial charge in [-0.3, -0.25) is 0 Å². The first-order chi connectivity index (χ1) is 9.94. The van der Waals surface area contributed by atoms with E-state index in [1.807, 2.05) is 11.8 Å². The third-order valence-electron chi connectivity index (χ3n) is 3.79. The lowest BCUT2D eigenvalue weighted by Crippen LogP contribution is -2.38. The summed E-state index contributed by atoms with van der Waals surface area (Å²) in [4.78, 5) is 0.230. The predicted molar refractivity (Wildman–Crippen MR) is 87.0 cm³/mol. The van der Waals surface area contributed by atoms with Crippen LogP contribution in [0.4, 0.5) is 0 Å². The second-order valence-corrected chi connectivity index (χ2v) is 8.63. The van der Waals surface area contributed by atoms with Gasteiger partial charge in [0.25, 0.3) is 0 Å². The Morgan fingerprint density at radius 3 is 2.86 bits per heavy atom. The highest BCUT2D eigenvalue weighted by Crippen LogP contribution is 2.31. The summed E-state index contributed by atoms with van der Waals surface area (Å²) in [6, 6.07) is 6.53. The molecule has 118 valence electrons. The van der Waals surface area contributed by atoms with Gasteiger partial charge in [0.2, 0.25) is 10.0 Å². The van der Waals surface area contributed by atoms with Crippen molar-refractivity contribution in [2.24, 2.45) is 0 Å². The minimum Gasteiger partial charge on any atom is -0.389 e. The van der Waals surface area contributed by atoms with Gasteiger partial charge in [-0.1, -0.05) is 25.5 Å². The van der Waals surface area contributed by atoms with E-state index in [-0.39, 0.29) is 10.9 Å². The number of hydrogen-bond donors (Lipinski definition) is 2. The van der Waals surface area contributed by atoms with Crippen molar-refractivity contribution in [2.75, 3.05) is 5.75 Å². The highest BCUT2D eigenvalue weighted by Gasteiger charge is 2.31. The number of thioether (sulfide) groups is 1. The van der Waals surface area contributed by atoms with Crippen molar-refractivity contribution in [3.05, 3.63) is 29.8 Å². The Kier molecular flexibility index (Phi) is 5.71. The van der Waals surface area contributed by atoms with Crippen LogP contribution in [0, 0.1) is 0 Å². The van der Waals surface area contributed by atoms with Crippen molar-refractivity contribution in [2.45, 2.75) is 55.4 Å². The lowest BCUT2D eigenvalue weighted by molar-refractivity contribution is 0.199. The third kappa shape index (κ3) is 4.22. The van der Waals surface area contributed by atoms with Crippen LogP contribution in [0.3, 0.4) is 0 Å². The lowest BCUT2D eigenvalue weighted by Gasteiger charge is -2.20. The van der Waals surface area contributed by atoms with Crippen LogP contribution in [0.25, 0.3) is 0 Å². The molecule has 0 bridgehead atoms. The fourth-order valence-corrected chi connectivity index (χ4v) is 5.33. The number of hydrogen-bond acceptors (Lipinski definition) is 4. The number of benzene rings is 1. The molecule has 1 aromatic carbocycles. The summed E-state index contributed by atoms with van der Waals surface area (Å²) in [5, 5.41) is 9.96. The first kappa shape index (κ1) is 16.8. The largest absolute Gasteiger partial charge is 0.389 e. The fraction of sp³-hybridized carbons (Fsp3) is 0.600. The van der Waals surface area contributed by atoms with Gasteiger partial charge < -0.3 is 5.11 Å². The van der Waals surface area contributed by atoms with Crippen LogP contribution < -0.4 is 4.72 Å². The van der Waals surface area contributed by atoms with Gasteiger partial charge in [0.15, 0.2) is 0 Å². The number of nitrogens with one attached hydrogen (secondary N) is 1. The molecular formula is C15H23NO3S2. The van der Waals surface area contributed by atoms with Crippen LogP contribution >= 0.6 is 11.8 Å². The highest BCUT2D eigenvalue weighted by atomic mass is 32.2. The van der Waals surface area contributed by atoms with Gasteiger partial charge >= 0.3 is 0 Å². The minimum absolute atomic E-state index is 0.00940. The van der Waals surface area contributed by atoms with E-state index < -0.39 is 16.1 Å². The van der Waals surface area contributed by atoms with E-state index in [0.717, 1.165) is 25.0 Å². The van der Waals surface area contributed by atoms with Crippen LogP contribution in [0.2, 0.25) is 0 Å². The molecule has 3 unspecified atom stereocenters. The zero-order valence-corrected chi connectivity index (χ0v) is 14.1. The third-order valence-corrected chi connectivity index (χ3v) is 6.60. The molecule has 0 radical (unpaired) electrons. The number of rotatable bonds is 6. The van der Waals surface area contributed by atoms with Gasteiger partial charge in [-0.15, -0.1) is 0 Å². The van der Waals surface area contributed by atoms with E-state index in [1.54, 1.807) is 31.2 Å². The molecule has 1 aromatic rings. The standard InChI is InChI=1S/C15H23NO3S2/c1-3-20-15-9-5-8-14(15)16-21(18,19)13-7-4-6-12(10-13)11(2)17/h4,6-7,10-11,14-17H,3,5,8-9H2,1-2H3. The Morgan fingerprint density at radius 2 is 2.19 bits per heavy atom. The summed E-state index contributed by atoms with van der Waals surface area (Å²) in [6.45, 7) is 3.73. The van der Waals surface area contributed by atoms with E-state index in [0.29, 0.717) is 10.8 Å². The molecule has 0 aliphatic heterocycles. The van der Waals surface area contributed by atoms with Crippen LogP contribution in [0.5, 0.6) is 0 Å². The molecule has 0 aromatic heterocycles. The monoisotopic (exact) mass is 329 g/mol. The number of aliphatic hydroxyl groups excluding tert-OH is 1. The first-order valence-corrected chi connectivity index (χ1v) is 9.89. The van der Waals surface area contributed by atoms with Crippen LogP contribution in [-0.2, 0) is 10.0 Å². The van der Waals surface area contributed by atoms with E-state index in [1.165, 1.54) is 0 Å². The van der Waals surface area contributed by atoms with E-state index >= 15 is 0 Å². The molecule has 1 aliphatic carbocycles. The van der Waals surface area contributed by atoms with Gasteiger partial charge in [0, 0.05) is 11.3 Å². The molecule has 6 heteroatoms. The SMILES string of the molecule is CCSC1CCCC1NS(=O)(=O)c1cccc(C(C)O)c1. The Morgan fingerprint density at radius 1 is 1.43 bits per heavy atom. The molecule has 1 saturated carbocycles. The normalized spacial score (nSPS) is 24.1. The van der Waals surface area contributed by atoms with Crippen molar-refractivity contribution in [3.8, 4) is 0 Å². The van der Waals surface area contributed by atoms with Gasteiger partial charge in [0.1, 0.15) is 0 Å². The summed E-state index contributed by atoms with van der Waals surface area (Å²) in [5.41, 5.74) is 0.615. The maximum Gasteiger partial charge on any atom is 0.240 e. The number of aliphatic hydroxyl groups is 1. The minimum atomic E-state index is -3.53. The Balaban J connectivity index is 2.16. The zero-order valence-electron chi connectivity index (χ0n) is 12.5. The predicted octanol–water partition coefficient (Wildman–Crippen LogP) is 2.69. The summed E-state index contributed by atoms with van der Waals surface area (Å²) in [6.07, 6.45) is 2.36. The second-order valence-electron chi connectivity index (χ2n) is 5.40.